The summed E-state index contributed by atoms with van der Waals surface area (Å²) in [5, 5.41) is 2.32. The molecule has 268 valence electrons. The summed E-state index contributed by atoms with van der Waals surface area (Å²) in [7, 11) is 1.63. The Morgan fingerprint density at radius 1 is 0.723 bits per heavy atom. The quantitative estimate of drug-likeness (QED) is 0.0660. The predicted molar refractivity (Wildman–Crippen MR) is 174 cm³/mol. The van der Waals surface area contributed by atoms with Gasteiger partial charge in [-0.05, 0) is 62.4 Å². The zero-order chi connectivity index (χ0) is 34.5. The number of halogens is 1. The van der Waals surface area contributed by atoms with E-state index >= 15 is 0 Å². The van der Waals surface area contributed by atoms with Gasteiger partial charge in [0.05, 0.1) is 92.3 Å². The first kappa shape index (κ1) is 40.8. The number of fused-ring (bicyclic) bond motifs is 1. The molecule has 1 aromatic rings. The molecule has 1 amide bonds. The fraction of sp³-hybridized carbons (Fsp3) is 0.727. The number of esters is 1. The number of ether oxygens (including phenoxy) is 9. The van der Waals surface area contributed by atoms with E-state index in [1.165, 1.54) is 0 Å². The molecule has 2 rings (SSSR count). The van der Waals surface area contributed by atoms with Crippen LogP contribution in [0.15, 0.2) is 0 Å². The summed E-state index contributed by atoms with van der Waals surface area (Å²) in [6, 6.07) is 0. The minimum Gasteiger partial charge on any atom is -0.477 e. The van der Waals surface area contributed by atoms with Gasteiger partial charge in [-0.1, -0.05) is 0 Å². The molecule has 0 aliphatic carbocycles. The van der Waals surface area contributed by atoms with Crippen LogP contribution in [0.3, 0.4) is 0 Å². The summed E-state index contributed by atoms with van der Waals surface area (Å²) in [5.74, 6) is 0.333. The number of carbonyl (C=O) groups is 3. The van der Waals surface area contributed by atoms with Crippen LogP contribution in [0, 0.1) is 20.8 Å². The molecular weight excluding hydrogens is 638 g/mol. The van der Waals surface area contributed by atoms with Gasteiger partial charge in [0.15, 0.2) is 5.60 Å². The molecule has 0 saturated carbocycles. The molecule has 0 bridgehead atoms. The van der Waals surface area contributed by atoms with E-state index in [2.05, 4.69) is 5.32 Å². The van der Waals surface area contributed by atoms with Gasteiger partial charge in [-0.3, -0.25) is 14.4 Å². The number of hydrogen-bond donors (Lipinski definition) is 1. The second-order valence-electron chi connectivity index (χ2n) is 11.1. The van der Waals surface area contributed by atoms with Crippen molar-refractivity contribution in [2.75, 3.05) is 99.5 Å². The molecule has 0 saturated heterocycles. The van der Waals surface area contributed by atoms with Gasteiger partial charge in [0.1, 0.15) is 11.5 Å². The zero-order valence-electron chi connectivity index (χ0n) is 28.5. The maximum atomic E-state index is 13.1. The Morgan fingerprint density at radius 3 is 1.70 bits per heavy atom. The number of rotatable bonds is 26. The Morgan fingerprint density at radius 2 is 1.21 bits per heavy atom. The van der Waals surface area contributed by atoms with Crippen LogP contribution < -0.4 is 14.8 Å². The van der Waals surface area contributed by atoms with Crippen molar-refractivity contribution in [1.82, 2.24) is 5.32 Å². The van der Waals surface area contributed by atoms with E-state index in [9.17, 15) is 14.4 Å². The van der Waals surface area contributed by atoms with Crippen molar-refractivity contribution < 1.29 is 57.0 Å². The smallest absolute Gasteiger partial charge is 0.311 e. The number of nitrogens with one attached hydrogen (secondary N) is 1. The van der Waals surface area contributed by atoms with E-state index in [4.69, 9.17) is 54.2 Å². The highest BCUT2D eigenvalue weighted by atomic mass is 35.5. The first-order valence-electron chi connectivity index (χ1n) is 16.0. The maximum Gasteiger partial charge on any atom is 0.311 e. The molecule has 0 unspecified atom stereocenters. The summed E-state index contributed by atoms with van der Waals surface area (Å²) >= 11 is 5.35. The first-order chi connectivity index (χ1) is 22.6. The normalized spacial score (nSPS) is 15.6. The average molecular weight is 690 g/mol. The fourth-order valence-corrected chi connectivity index (χ4v) is 4.77. The standard InChI is InChI=1S/C33H52ClNO12/c1-24-25(2)31-27(26(3)30(24)46-29(37)7-6-28(34)36)8-9-33(4,47-31)32(38)35-10-11-40-14-15-42-18-19-44-22-23-45-21-20-43-17-16-41-13-12-39-5/h6-23H2,1-5H3,(H,35,38)/t33-/m0/s1. The lowest BCUT2D eigenvalue weighted by molar-refractivity contribution is -0.137. The highest BCUT2D eigenvalue weighted by Gasteiger charge is 2.40. The molecule has 0 radical (unpaired) electrons. The molecule has 47 heavy (non-hydrogen) atoms. The molecule has 1 atom stereocenters. The molecule has 1 aliphatic rings. The van der Waals surface area contributed by atoms with Crippen LogP contribution in [0.4, 0.5) is 0 Å². The minimum absolute atomic E-state index is 0.0869. The molecule has 0 aromatic heterocycles. The van der Waals surface area contributed by atoms with Crippen LogP contribution >= 0.6 is 11.6 Å². The van der Waals surface area contributed by atoms with Crippen molar-refractivity contribution in [3.05, 3.63) is 22.3 Å². The third-order valence-corrected chi connectivity index (χ3v) is 7.73. The van der Waals surface area contributed by atoms with E-state index in [1.807, 2.05) is 20.8 Å². The highest BCUT2D eigenvalue weighted by Crippen LogP contribution is 2.44. The van der Waals surface area contributed by atoms with E-state index in [-0.39, 0.29) is 18.7 Å². The van der Waals surface area contributed by atoms with Gasteiger partial charge >= 0.3 is 5.97 Å². The molecule has 13 nitrogen and oxygen atoms in total. The van der Waals surface area contributed by atoms with Crippen LogP contribution in [0.1, 0.15) is 48.4 Å². The SMILES string of the molecule is COCCOCCOCCOCCOCCOCCOCCNC(=O)[C@]1(C)CCc2c(C)c(OC(=O)CCC(=O)Cl)c(C)c(C)c2O1. The van der Waals surface area contributed by atoms with Crippen molar-refractivity contribution in [2.45, 2.75) is 59.0 Å². The lowest BCUT2D eigenvalue weighted by atomic mass is 9.86. The number of carbonyl (C=O) groups excluding carboxylic acids is 3. The lowest BCUT2D eigenvalue weighted by Crippen LogP contribution is -2.51. The second-order valence-corrected chi connectivity index (χ2v) is 11.5. The number of hydrogen-bond acceptors (Lipinski definition) is 12. The Hall–Kier alpha value is -2.36. The van der Waals surface area contributed by atoms with Crippen LogP contribution in [0.25, 0.3) is 0 Å². The molecule has 14 heteroatoms. The van der Waals surface area contributed by atoms with Crippen molar-refractivity contribution in [1.29, 1.82) is 0 Å². The van der Waals surface area contributed by atoms with E-state index in [0.29, 0.717) is 117 Å². The summed E-state index contributed by atoms with van der Waals surface area (Å²) < 4.78 is 49.5. The molecule has 1 aromatic carbocycles. The molecule has 1 N–H and O–H groups in total. The largest absolute Gasteiger partial charge is 0.477 e. The zero-order valence-corrected chi connectivity index (χ0v) is 29.3. The molecular formula is C33H52ClNO12. The van der Waals surface area contributed by atoms with Crippen LogP contribution in [-0.2, 0) is 54.0 Å². The topological polar surface area (TPSA) is 146 Å². The second kappa shape index (κ2) is 23.1. The van der Waals surface area contributed by atoms with Gasteiger partial charge in [-0.25, -0.2) is 0 Å². The van der Waals surface area contributed by atoms with Gasteiger partial charge < -0.3 is 47.9 Å². The minimum atomic E-state index is -1.06. The third-order valence-electron chi connectivity index (χ3n) is 7.54. The summed E-state index contributed by atoms with van der Waals surface area (Å²) in [4.78, 5) is 36.4. The average Bonchev–Trinajstić information content (AvgIpc) is 3.05. The summed E-state index contributed by atoms with van der Waals surface area (Å²) in [5.41, 5.74) is 2.15. The Balaban J connectivity index is 1.55. The van der Waals surface area contributed by atoms with E-state index in [0.717, 1.165) is 22.3 Å². The Kier molecular flexibility index (Phi) is 20.0. The molecule has 0 fully saturated rings. The fourth-order valence-electron chi connectivity index (χ4n) is 4.68. The van der Waals surface area contributed by atoms with Crippen molar-refractivity contribution in [2.24, 2.45) is 0 Å². The van der Waals surface area contributed by atoms with Gasteiger partial charge in [0.25, 0.3) is 5.91 Å². The van der Waals surface area contributed by atoms with Gasteiger partial charge in [-0.2, -0.15) is 0 Å². The van der Waals surface area contributed by atoms with Crippen molar-refractivity contribution in [3.8, 4) is 11.5 Å². The first-order valence-corrected chi connectivity index (χ1v) is 16.4. The van der Waals surface area contributed by atoms with Crippen LogP contribution in [0.2, 0.25) is 0 Å². The van der Waals surface area contributed by atoms with Crippen LogP contribution in [-0.4, -0.2) is 122 Å². The van der Waals surface area contributed by atoms with Gasteiger partial charge in [-0.15, -0.1) is 0 Å². The van der Waals surface area contributed by atoms with Crippen molar-refractivity contribution >= 4 is 28.7 Å². The molecule has 1 heterocycles. The number of amides is 1. The highest BCUT2D eigenvalue weighted by molar-refractivity contribution is 6.63. The molecule has 1 aliphatic heterocycles. The monoisotopic (exact) mass is 689 g/mol. The number of benzene rings is 1. The van der Waals surface area contributed by atoms with Gasteiger partial charge in [0.2, 0.25) is 5.24 Å². The van der Waals surface area contributed by atoms with Crippen molar-refractivity contribution in [3.63, 3.8) is 0 Å². The molecule has 0 spiro atoms. The summed E-state index contributed by atoms with van der Waals surface area (Å²) in [6.45, 7) is 13.9. The summed E-state index contributed by atoms with van der Waals surface area (Å²) in [6.07, 6.45) is 0.839. The number of methoxy groups -OCH3 is 1. The lowest BCUT2D eigenvalue weighted by Gasteiger charge is -2.37. The third kappa shape index (κ3) is 15.2. The van der Waals surface area contributed by atoms with E-state index in [1.54, 1.807) is 14.0 Å². The van der Waals surface area contributed by atoms with E-state index < -0.39 is 16.8 Å². The Bertz CT molecular complexity index is 1120. The maximum absolute atomic E-state index is 13.1. The predicted octanol–water partition coefficient (Wildman–Crippen LogP) is 3.01. The van der Waals surface area contributed by atoms with Crippen LogP contribution in [0.5, 0.6) is 11.5 Å². The Labute approximate surface area is 283 Å². The van der Waals surface area contributed by atoms with Gasteiger partial charge in [0, 0.05) is 32.1 Å².